The quantitative estimate of drug-likeness (QED) is 0.812. The van der Waals surface area contributed by atoms with E-state index in [0.29, 0.717) is 0 Å². The minimum Gasteiger partial charge on any atom is -0.367 e. The van der Waals surface area contributed by atoms with Crippen molar-refractivity contribution in [1.82, 2.24) is 4.90 Å². The minimum absolute atomic E-state index is 0.738. The number of fused-ring (bicyclic) bond motifs is 3. The Labute approximate surface area is 122 Å². The van der Waals surface area contributed by atoms with Crippen LogP contribution in [-0.4, -0.2) is 36.6 Å². The zero-order chi connectivity index (χ0) is 13.7. The SMILES string of the molecule is CCC(C)N1CCC2C(C1)c1cccc3c1N2CCC3. The van der Waals surface area contributed by atoms with E-state index >= 15 is 0 Å². The van der Waals surface area contributed by atoms with Crippen molar-refractivity contribution in [3.8, 4) is 0 Å². The molecule has 1 aromatic carbocycles. The van der Waals surface area contributed by atoms with Crippen molar-refractivity contribution in [2.24, 2.45) is 0 Å². The molecule has 1 aromatic rings. The fourth-order valence-electron chi connectivity index (χ4n) is 4.65. The van der Waals surface area contributed by atoms with Crippen LogP contribution < -0.4 is 4.90 Å². The van der Waals surface area contributed by atoms with Gasteiger partial charge in [-0.1, -0.05) is 25.1 Å². The average Bonchev–Trinajstić information content (AvgIpc) is 2.83. The third-order valence-electron chi connectivity index (χ3n) is 5.90. The Balaban J connectivity index is 1.69. The van der Waals surface area contributed by atoms with Crippen LogP contribution in [0.2, 0.25) is 0 Å². The first-order chi connectivity index (χ1) is 9.79. The van der Waals surface area contributed by atoms with Gasteiger partial charge < -0.3 is 4.90 Å². The molecule has 108 valence electrons. The van der Waals surface area contributed by atoms with Crippen LogP contribution in [0.5, 0.6) is 0 Å². The molecular weight excluding hydrogens is 244 g/mol. The van der Waals surface area contributed by atoms with Gasteiger partial charge in [-0.25, -0.2) is 0 Å². The van der Waals surface area contributed by atoms with E-state index in [2.05, 4.69) is 41.8 Å². The summed E-state index contributed by atoms with van der Waals surface area (Å²) in [6.07, 6.45) is 5.25. The summed E-state index contributed by atoms with van der Waals surface area (Å²) in [4.78, 5) is 5.48. The molecule has 20 heavy (non-hydrogen) atoms. The number of benzene rings is 1. The summed E-state index contributed by atoms with van der Waals surface area (Å²) in [5, 5.41) is 0. The largest absolute Gasteiger partial charge is 0.367 e. The fraction of sp³-hybridized carbons (Fsp3) is 0.667. The van der Waals surface area contributed by atoms with E-state index in [-0.39, 0.29) is 0 Å². The molecule has 0 radical (unpaired) electrons. The maximum absolute atomic E-state index is 2.76. The number of likely N-dealkylation sites (tertiary alicyclic amines) is 1. The first-order valence-corrected chi connectivity index (χ1v) is 8.42. The molecule has 3 heterocycles. The van der Waals surface area contributed by atoms with E-state index in [1.807, 2.05) is 0 Å². The van der Waals surface area contributed by atoms with Gasteiger partial charge in [0.25, 0.3) is 0 Å². The van der Waals surface area contributed by atoms with Gasteiger partial charge in [0, 0.05) is 43.3 Å². The van der Waals surface area contributed by atoms with Crippen molar-refractivity contribution >= 4 is 5.69 Å². The first-order valence-electron chi connectivity index (χ1n) is 8.42. The molecule has 1 saturated heterocycles. The Hall–Kier alpha value is -1.02. The molecule has 2 nitrogen and oxygen atoms in total. The van der Waals surface area contributed by atoms with Gasteiger partial charge in [-0.05, 0) is 43.7 Å². The van der Waals surface area contributed by atoms with Crippen molar-refractivity contribution in [2.45, 2.75) is 57.5 Å². The van der Waals surface area contributed by atoms with Gasteiger partial charge in [0.1, 0.15) is 0 Å². The molecule has 3 aliphatic rings. The van der Waals surface area contributed by atoms with Gasteiger partial charge in [0.05, 0.1) is 0 Å². The summed E-state index contributed by atoms with van der Waals surface area (Å²) in [6.45, 7) is 8.55. The molecule has 0 saturated carbocycles. The average molecular weight is 270 g/mol. The fourth-order valence-corrected chi connectivity index (χ4v) is 4.65. The number of para-hydroxylation sites is 1. The van der Waals surface area contributed by atoms with Gasteiger partial charge in [-0.15, -0.1) is 0 Å². The second-order valence-corrected chi connectivity index (χ2v) is 6.87. The number of aryl methyl sites for hydroxylation is 1. The number of nitrogens with zero attached hydrogens (tertiary/aromatic N) is 2. The van der Waals surface area contributed by atoms with E-state index < -0.39 is 0 Å². The maximum atomic E-state index is 2.76. The van der Waals surface area contributed by atoms with Gasteiger partial charge in [-0.2, -0.15) is 0 Å². The Morgan fingerprint density at radius 2 is 2.20 bits per heavy atom. The van der Waals surface area contributed by atoms with Gasteiger partial charge in [0.2, 0.25) is 0 Å². The van der Waals surface area contributed by atoms with E-state index in [9.17, 15) is 0 Å². The molecule has 0 aromatic heterocycles. The lowest BCUT2D eigenvalue weighted by atomic mass is 9.88. The van der Waals surface area contributed by atoms with Crippen molar-refractivity contribution in [3.05, 3.63) is 29.3 Å². The number of hydrogen-bond donors (Lipinski definition) is 0. The summed E-state index contributed by atoms with van der Waals surface area (Å²) >= 11 is 0. The molecular formula is C18H26N2. The van der Waals surface area contributed by atoms with Crippen LogP contribution >= 0.6 is 0 Å². The highest BCUT2D eigenvalue weighted by Gasteiger charge is 2.43. The molecule has 2 heteroatoms. The minimum atomic E-state index is 0.738. The molecule has 0 N–H and O–H groups in total. The Kier molecular flexibility index (Phi) is 3.03. The number of rotatable bonds is 2. The normalized spacial score (nSPS) is 30.0. The summed E-state index contributed by atoms with van der Waals surface area (Å²) in [6, 6.07) is 8.58. The van der Waals surface area contributed by atoms with E-state index in [0.717, 1.165) is 18.0 Å². The van der Waals surface area contributed by atoms with Crippen LogP contribution in [-0.2, 0) is 6.42 Å². The summed E-state index contributed by atoms with van der Waals surface area (Å²) in [7, 11) is 0. The zero-order valence-electron chi connectivity index (χ0n) is 12.8. The molecule has 0 spiro atoms. The first kappa shape index (κ1) is 12.7. The van der Waals surface area contributed by atoms with Crippen LogP contribution in [0.3, 0.4) is 0 Å². The topological polar surface area (TPSA) is 6.48 Å². The maximum Gasteiger partial charge on any atom is 0.0438 e. The highest BCUT2D eigenvalue weighted by atomic mass is 15.3. The molecule has 0 bridgehead atoms. The Morgan fingerprint density at radius 3 is 3.05 bits per heavy atom. The molecule has 4 rings (SSSR count). The third kappa shape index (κ3) is 1.74. The van der Waals surface area contributed by atoms with Gasteiger partial charge in [-0.3, -0.25) is 4.90 Å². The van der Waals surface area contributed by atoms with Crippen LogP contribution in [0.25, 0.3) is 0 Å². The summed E-state index contributed by atoms with van der Waals surface area (Å²) in [5.74, 6) is 0.755. The molecule has 3 aliphatic heterocycles. The van der Waals surface area contributed by atoms with Crippen LogP contribution in [0.1, 0.15) is 50.2 Å². The van der Waals surface area contributed by atoms with Crippen LogP contribution in [0.4, 0.5) is 5.69 Å². The van der Waals surface area contributed by atoms with E-state index in [1.165, 1.54) is 45.3 Å². The van der Waals surface area contributed by atoms with Gasteiger partial charge >= 0.3 is 0 Å². The molecule has 0 aliphatic carbocycles. The van der Waals surface area contributed by atoms with Crippen LogP contribution in [0, 0.1) is 0 Å². The predicted molar refractivity (Wildman–Crippen MR) is 84.6 cm³/mol. The van der Waals surface area contributed by atoms with E-state index in [4.69, 9.17) is 0 Å². The summed E-state index contributed by atoms with van der Waals surface area (Å²) in [5.41, 5.74) is 4.89. The highest BCUT2D eigenvalue weighted by molar-refractivity contribution is 5.68. The van der Waals surface area contributed by atoms with E-state index in [1.54, 1.807) is 16.8 Å². The van der Waals surface area contributed by atoms with Crippen molar-refractivity contribution in [1.29, 1.82) is 0 Å². The van der Waals surface area contributed by atoms with Crippen molar-refractivity contribution < 1.29 is 0 Å². The predicted octanol–water partition coefficient (Wildman–Crippen LogP) is 3.41. The molecule has 1 fully saturated rings. The monoisotopic (exact) mass is 270 g/mol. The Bertz CT molecular complexity index is 510. The third-order valence-corrected chi connectivity index (χ3v) is 5.90. The van der Waals surface area contributed by atoms with Crippen LogP contribution in [0.15, 0.2) is 18.2 Å². The highest BCUT2D eigenvalue weighted by Crippen LogP contribution is 2.48. The second kappa shape index (κ2) is 4.77. The standard InChI is InChI=1S/C18H26N2/c1-3-13(2)19-11-9-17-16(12-19)15-8-4-6-14-7-5-10-20(17)18(14)15/h4,6,8,13,16-17H,3,5,7,9-12H2,1-2H3. The van der Waals surface area contributed by atoms with Crippen molar-refractivity contribution in [2.75, 3.05) is 24.5 Å². The van der Waals surface area contributed by atoms with Gasteiger partial charge in [0.15, 0.2) is 0 Å². The molecule has 3 atom stereocenters. The molecule has 0 amide bonds. The second-order valence-electron chi connectivity index (χ2n) is 6.87. The lowest BCUT2D eigenvalue weighted by Crippen LogP contribution is -2.49. The smallest absolute Gasteiger partial charge is 0.0438 e. The Morgan fingerprint density at radius 1 is 1.30 bits per heavy atom. The number of hydrogen-bond acceptors (Lipinski definition) is 2. The number of piperidine rings is 1. The molecule has 3 unspecified atom stereocenters. The lowest BCUT2D eigenvalue weighted by Gasteiger charge is -2.42. The lowest BCUT2D eigenvalue weighted by molar-refractivity contribution is 0.144. The zero-order valence-corrected chi connectivity index (χ0v) is 12.8. The van der Waals surface area contributed by atoms with Crippen molar-refractivity contribution in [3.63, 3.8) is 0 Å². The summed E-state index contributed by atoms with van der Waals surface area (Å²) < 4.78 is 0. The number of anilines is 1.